The summed E-state index contributed by atoms with van der Waals surface area (Å²) in [5.41, 5.74) is 1.18. The highest BCUT2D eigenvalue weighted by atomic mass is 127. The third kappa shape index (κ3) is 4.35. The molecule has 1 aromatic heterocycles. The van der Waals surface area contributed by atoms with E-state index in [0.29, 0.717) is 42.9 Å². The van der Waals surface area contributed by atoms with Gasteiger partial charge in [0.05, 0.1) is 25.5 Å². The zero-order valence-corrected chi connectivity index (χ0v) is 19.4. The number of nitrogens with zero attached hydrogens (tertiary/aromatic N) is 1. The van der Waals surface area contributed by atoms with Gasteiger partial charge in [0, 0.05) is 21.5 Å². The number of hydrogen-bond donors (Lipinski definition) is 1. The summed E-state index contributed by atoms with van der Waals surface area (Å²) < 4.78 is 55.6. The first kappa shape index (κ1) is 21.6. The van der Waals surface area contributed by atoms with Crippen molar-refractivity contribution in [3.63, 3.8) is 0 Å². The summed E-state index contributed by atoms with van der Waals surface area (Å²) in [5, 5.41) is 0. The predicted molar refractivity (Wildman–Crippen MR) is 119 cm³/mol. The summed E-state index contributed by atoms with van der Waals surface area (Å²) in [4.78, 5) is 12.8. The van der Waals surface area contributed by atoms with E-state index in [0.717, 1.165) is 3.57 Å². The van der Waals surface area contributed by atoms with Crippen molar-refractivity contribution >= 4 is 38.3 Å². The Balaban J connectivity index is 1.73. The molecule has 0 bridgehead atoms. The quantitative estimate of drug-likeness (QED) is 0.538. The van der Waals surface area contributed by atoms with E-state index in [1.165, 1.54) is 10.6 Å². The highest BCUT2D eigenvalue weighted by Gasteiger charge is 2.29. The Hall–Kier alpha value is -1.66. The summed E-state index contributed by atoms with van der Waals surface area (Å²) in [7, 11) is -3.68. The zero-order valence-electron chi connectivity index (χ0n) is 16.4. The lowest BCUT2D eigenvalue weighted by atomic mass is 10.00. The van der Waals surface area contributed by atoms with Crippen LogP contribution in [0.3, 0.4) is 0 Å². The second kappa shape index (κ2) is 8.46. The van der Waals surface area contributed by atoms with Crippen molar-refractivity contribution in [2.75, 3.05) is 30.3 Å². The van der Waals surface area contributed by atoms with E-state index in [-0.39, 0.29) is 41.8 Å². The Bertz CT molecular complexity index is 1140. The molecule has 0 radical (unpaired) electrons. The topological polar surface area (TPSA) is 86.6 Å². The van der Waals surface area contributed by atoms with Gasteiger partial charge in [-0.1, -0.05) is 6.07 Å². The molecule has 162 valence electrons. The van der Waals surface area contributed by atoms with E-state index in [1.54, 1.807) is 19.1 Å². The first-order valence-corrected chi connectivity index (χ1v) is 12.4. The molecular formula is C20H22FIN2O5S. The maximum atomic E-state index is 14.5. The number of hydrogen-bond acceptors (Lipinski definition) is 5. The van der Waals surface area contributed by atoms with E-state index < -0.39 is 15.8 Å². The number of halogens is 2. The van der Waals surface area contributed by atoms with E-state index >= 15 is 0 Å². The minimum absolute atomic E-state index is 0.0595. The predicted octanol–water partition coefficient (Wildman–Crippen LogP) is 2.66. The molecule has 3 heterocycles. The van der Waals surface area contributed by atoms with Gasteiger partial charge in [-0.3, -0.25) is 14.1 Å². The molecule has 0 aliphatic carbocycles. The molecule has 30 heavy (non-hydrogen) atoms. The van der Waals surface area contributed by atoms with Gasteiger partial charge in [0.25, 0.3) is 5.56 Å². The molecule has 0 spiro atoms. The van der Waals surface area contributed by atoms with Crippen molar-refractivity contribution in [2.45, 2.75) is 26.3 Å². The van der Waals surface area contributed by atoms with Gasteiger partial charge in [0.1, 0.15) is 18.1 Å². The molecule has 2 aliphatic heterocycles. The summed E-state index contributed by atoms with van der Waals surface area (Å²) in [6.45, 7) is 3.42. The maximum absolute atomic E-state index is 14.5. The molecule has 0 saturated carbocycles. The minimum Gasteiger partial charge on any atom is -0.475 e. The number of benzene rings is 1. The number of anilines is 1. The van der Waals surface area contributed by atoms with Gasteiger partial charge in [0.15, 0.2) is 0 Å². The molecule has 0 amide bonds. The van der Waals surface area contributed by atoms with Gasteiger partial charge in [-0.2, -0.15) is 0 Å². The third-order valence-corrected chi connectivity index (χ3v) is 7.43. The van der Waals surface area contributed by atoms with Crippen molar-refractivity contribution in [3.8, 4) is 5.88 Å². The van der Waals surface area contributed by atoms with Gasteiger partial charge in [-0.25, -0.2) is 12.8 Å². The second-order valence-electron chi connectivity index (χ2n) is 7.61. The van der Waals surface area contributed by atoms with Crippen LogP contribution in [0, 0.1) is 22.2 Å². The molecule has 0 atom stereocenters. The van der Waals surface area contributed by atoms with Gasteiger partial charge in [-0.05, 0) is 59.2 Å². The fourth-order valence-corrected chi connectivity index (χ4v) is 5.34. The Morgan fingerprint density at radius 1 is 1.33 bits per heavy atom. The zero-order chi connectivity index (χ0) is 21.5. The second-order valence-corrected chi connectivity index (χ2v) is 10.7. The molecule has 0 unspecified atom stereocenters. The number of sulfonamides is 1. The largest absolute Gasteiger partial charge is 0.475 e. The van der Waals surface area contributed by atoms with Crippen LogP contribution in [0.25, 0.3) is 0 Å². The number of nitrogens with one attached hydrogen (secondary N) is 1. The molecule has 7 nitrogen and oxygen atoms in total. The minimum atomic E-state index is -3.68. The van der Waals surface area contributed by atoms with Crippen LogP contribution < -0.4 is 15.0 Å². The smallest absolute Gasteiger partial charge is 0.256 e. The summed E-state index contributed by atoms with van der Waals surface area (Å²) in [5.74, 6) is -0.0246. The third-order valence-electron chi connectivity index (χ3n) is 5.47. The van der Waals surface area contributed by atoms with Crippen LogP contribution in [0.5, 0.6) is 5.88 Å². The van der Waals surface area contributed by atoms with Crippen LogP contribution in [0.4, 0.5) is 10.1 Å². The van der Waals surface area contributed by atoms with E-state index in [9.17, 15) is 17.6 Å². The number of rotatable bonds is 7. The lowest BCUT2D eigenvalue weighted by Gasteiger charge is -2.26. The molecule has 1 fully saturated rings. The van der Waals surface area contributed by atoms with Crippen molar-refractivity contribution < 1.29 is 22.3 Å². The molecule has 1 aromatic carbocycles. The number of fused-ring (bicyclic) bond motifs is 1. The van der Waals surface area contributed by atoms with Crippen LogP contribution in [0.15, 0.2) is 23.0 Å². The lowest BCUT2D eigenvalue weighted by molar-refractivity contribution is -0.0327. The molecule has 1 saturated heterocycles. The Morgan fingerprint density at radius 3 is 2.77 bits per heavy atom. The lowest BCUT2D eigenvalue weighted by Crippen LogP contribution is -2.31. The first-order valence-electron chi connectivity index (χ1n) is 9.66. The SMILES string of the molecule is Cc1c(Cc2ccc(I)cc2F)c(NS(=O)(=O)CCC2COC2)c2n(c1=O)CCO2. The molecular weight excluding hydrogens is 526 g/mol. The number of aromatic nitrogens is 1. The molecule has 2 aromatic rings. The molecule has 4 rings (SSSR count). The van der Waals surface area contributed by atoms with E-state index in [1.807, 2.05) is 22.6 Å². The van der Waals surface area contributed by atoms with Crippen molar-refractivity contribution in [1.29, 1.82) is 0 Å². The van der Waals surface area contributed by atoms with Gasteiger partial charge >= 0.3 is 0 Å². The molecule has 1 N–H and O–H groups in total. The summed E-state index contributed by atoms with van der Waals surface area (Å²) in [6.07, 6.45) is 0.570. The monoisotopic (exact) mass is 548 g/mol. The van der Waals surface area contributed by atoms with Crippen molar-refractivity contribution in [3.05, 3.63) is 54.6 Å². The maximum Gasteiger partial charge on any atom is 0.256 e. The number of ether oxygens (including phenoxy) is 2. The average Bonchev–Trinajstić information content (AvgIpc) is 3.12. The van der Waals surface area contributed by atoms with E-state index in [2.05, 4.69) is 4.72 Å². The van der Waals surface area contributed by atoms with Gasteiger partial charge in [-0.15, -0.1) is 0 Å². The molecule has 2 aliphatic rings. The van der Waals surface area contributed by atoms with Crippen molar-refractivity contribution in [1.82, 2.24) is 4.57 Å². The van der Waals surface area contributed by atoms with Gasteiger partial charge in [0.2, 0.25) is 15.9 Å². The average molecular weight is 548 g/mol. The Labute approximate surface area is 187 Å². The van der Waals surface area contributed by atoms with Crippen LogP contribution >= 0.6 is 22.6 Å². The van der Waals surface area contributed by atoms with Crippen LogP contribution in [-0.2, 0) is 27.7 Å². The summed E-state index contributed by atoms with van der Waals surface area (Å²) in [6, 6.07) is 4.83. The number of pyridine rings is 1. The highest BCUT2D eigenvalue weighted by molar-refractivity contribution is 14.1. The normalized spacial score (nSPS) is 16.1. The Kier molecular flexibility index (Phi) is 6.08. The van der Waals surface area contributed by atoms with Crippen LogP contribution in [0.1, 0.15) is 23.1 Å². The summed E-state index contributed by atoms with van der Waals surface area (Å²) >= 11 is 2.02. The van der Waals surface area contributed by atoms with E-state index in [4.69, 9.17) is 9.47 Å². The molecule has 10 heteroatoms. The van der Waals surface area contributed by atoms with Crippen LogP contribution in [0.2, 0.25) is 0 Å². The Morgan fingerprint density at radius 2 is 2.10 bits per heavy atom. The fraction of sp³-hybridized carbons (Fsp3) is 0.450. The van der Waals surface area contributed by atoms with Crippen molar-refractivity contribution in [2.24, 2.45) is 5.92 Å². The van der Waals surface area contributed by atoms with Crippen LogP contribution in [-0.4, -0.2) is 38.6 Å². The highest BCUT2D eigenvalue weighted by Crippen LogP contribution is 2.35. The fourth-order valence-electron chi connectivity index (χ4n) is 3.62. The first-order chi connectivity index (χ1) is 14.2. The van der Waals surface area contributed by atoms with Gasteiger partial charge < -0.3 is 9.47 Å². The standard InChI is InChI=1S/C20H22FIN2O5S/c1-12-16(8-14-2-3-15(22)9-17(14)21)18(20-24(19(12)25)5-6-29-20)23-30(26,27)7-4-13-10-28-11-13/h2-3,9,13,23H,4-8,10-11H2,1H3.